The highest BCUT2D eigenvalue weighted by Gasteiger charge is 2.37. The molecule has 8 aromatic rings. The molecule has 2 heterocycles. The van der Waals surface area contributed by atoms with Crippen LogP contribution in [0.2, 0.25) is 0 Å². The van der Waals surface area contributed by atoms with Gasteiger partial charge in [-0.2, -0.15) is 18.4 Å². The molecule has 0 aliphatic carbocycles. The number of nitriles is 1. The van der Waals surface area contributed by atoms with Crippen LogP contribution in [-0.4, -0.2) is 9.13 Å². The first-order valence-electron chi connectivity index (χ1n) is 15.4. The highest BCUT2D eigenvalue weighted by molar-refractivity contribution is 6.12. The zero-order valence-electron chi connectivity index (χ0n) is 25.9. The third-order valence-electron chi connectivity index (χ3n) is 9.08. The molecule has 0 aliphatic heterocycles. The number of halogens is 3. The summed E-state index contributed by atoms with van der Waals surface area (Å²) in [4.78, 5) is 3.65. The van der Waals surface area contributed by atoms with Crippen LogP contribution in [0.5, 0.6) is 0 Å². The maximum atomic E-state index is 15.1. The minimum Gasteiger partial charge on any atom is -0.309 e. The molecule has 4 nitrogen and oxygen atoms in total. The van der Waals surface area contributed by atoms with Crippen molar-refractivity contribution in [3.63, 3.8) is 0 Å². The molecule has 0 unspecified atom stereocenters. The van der Waals surface area contributed by atoms with Gasteiger partial charge in [0.25, 0.3) is 0 Å². The standard InChI is InChI=1S/C41H25F3N4/c1-24-15-17-35-29(19-24)27-9-4-6-13-33(27)47(35)37-21-26(23-45)22-38(40(37)39-31(41(42,43)44)11-8-12-32(39)46-3)48-34-14-7-5-10-28(34)30-20-25(2)16-18-36(30)48/h4-22H,1-2H3. The maximum Gasteiger partial charge on any atom is 0.415 e. The number of fused-ring (bicyclic) bond motifs is 6. The molecule has 0 saturated heterocycles. The number of nitrogens with zero attached hydrogens (tertiary/aromatic N) is 4. The normalized spacial score (nSPS) is 11.8. The van der Waals surface area contributed by atoms with Gasteiger partial charge in [-0.25, -0.2) is 4.85 Å². The number of para-hydroxylation sites is 2. The molecule has 0 spiro atoms. The Kier molecular flexibility index (Phi) is 6.44. The lowest BCUT2D eigenvalue weighted by Gasteiger charge is -2.24. The van der Waals surface area contributed by atoms with Crippen LogP contribution in [-0.2, 0) is 6.18 Å². The lowest BCUT2D eigenvalue weighted by Crippen LogP contribution is -2.11. The van der Waals surface area contributed by atoms with Gasteiger partial charge in [-0.15, -0.1) is 0 Å². The molecule has 0 saturated carbocycles. The predicted octanol–water partition coefficient (Wildman–Crippen LogP) is 11.6. The van der Waals surface area contributed by atoms with Gasteiger partial charge in [0, 0.05) is 32.7 Å². The second-order valence-corrected chi connectivity index (χ2v) is 12.1. The van der Waals surface area contributed by atoms with Gasteiger partial charge in [0.05, 0.1) is 57.2 Å². The zero-order chi connectivity index (χ0) is 33.3. The van der Waals surface area contributed by atoms with E-state index in [4.69, 9.17) is 6.57 Å². The third-order valence-corrected chi connectivity index (χ3v) is 9.08. The van der Waals surface area contributed by atoms with Crippen LogP contribution in [0.1, 0.15) is 22.3 Å². The quantitative estimate of drug-likeness (QED) is 0.179. The van der Waals surface area contributed by atoms with Crippen molar-refractivity contribution in [3.8, 4) is 28.6 Å². The Labute approximate surface area is 273 Å². The molecule has 2 aromatic heterocycles. The summed E-state index contributed by atoms with van der Waals surface area (Å²) in [7, 11) is 0. The van der Waals surface area contributed by atoms with Gasteiger partial charge < -0.3 is 9.13 Å². The summed E-state index contributed by atoms with van der Waals surface area (Å²) in [5.74, 6) is 0. The number of hydrogen-bond acceptors (Lipinski definition) is 1. The van der Waals surface area contributed by atoms with Crippen LogP contribution in [0.3, 0.4) is 0 Å². The fourth-order valence-electron chi connectivity index (χ4n) is 7.11. The fraction of sp³-hybridized carbons (Fsp3) is 0.0732. The number of benzene rings is 6. The minimum atomic E-state index is -4.77. The lowest BCUT2D eigenvalue weighted by molar-refractivity contribution is -0.137. The molecule has 8 rings (SSSR count). The second-order valence-electron chi connectivity index (χ2n) is 12.1. The molecule has 0 amide bonds. The predicted molar refractivity (Wildman–Crippen MR) is 186 cm³/mol. The Balaban J connectivity index is 1.67. The van der Waals surface area contributed by atoms with E-state index in [2.05, 4.69) is 23.0 Å². The molecule has 7 heteroatoms. The van der Waals surface area contributed by atoms with E-state index in [1.807, 2.05) is 95.8 Å². The molecule has 6 aromatic carbocycles. The van der Waals surface area contributed by atoms with Crippen molar-refractivity contribution in [1.82, 2.24) is 9.13 Å². The van der Waals surface area contributed by atoms with E-state index in [0.29, 0.717) is 11.4 Å². The molecule has 0 bridgehead atoms. The first kappa shape index (κ1) is 29.1. The van der Waals surface area contributed by atoms with E-state index in [-0.39, 0.29) is 22.4 Å². The number of hydrogen-bond donors (Lipinski definition) is 0. The maximum absolute atomic E-state index is 15.1. The van der Waals surface area contributed by atoms with Crippen molar-refractivity contribution < 1.29 is 13.2 Å². The van der Waals surface area contributed by atoms with E-state index in [1.54, 1.807) is 12.1 Å². The molecular formula is C41H25F3N4. The van der Waals surface area contributed by atoms with Crippen LogP contribution < -0.4 is 0 Å². The molecule has 0 fully saturated rings. The van der Waals surface area contributed by atoms with E-state index < -0.39 is 11.7 Å². The molecule has 0 atom stereocenters. The van der Waals surface area contributed by atoms with Crippen LogP contribution in [0.4, 0.5) is 18.9 Å². The van der Waals surface area contributed by atoms with Crippen molar-refractivity contribution in [3.05, 3.63) is 149 Å². The minimum absolute atomic E-state index is 0.134. The van der Waals surface area contributed by atoms with Gasteiger partial charge in [-0.3, -0.25) is 0 Å². The van der Waals surface area contributed by atoms with Crippen molar-refractivity contribution >= 4 is 49.3 Å². The first-order valence-corrected chi connectivity index (χ1v) is 15.4. The number of alkyl halides is 3. The summed E-state index contributed by atoms with van der Waals surface area (Å²) in [6.07, 6.45) is -4.77. The molecule has 0 N–H and O–H groups in total. The Morgan fingerprint density at radius 1 is 0.604 bits per heavy atom. The summed E-state index contributed by atoms with van der Waals surface area (Å²) >= 11 is 0. The first-order chi connectivity index (χ1) is 23.2. The molecule has 230 valence electrons. The molecule has 0 radical (unpaired) electrons. The number of aromatic nitrogens is 2. The lowest BCUT2D eigenvalue weighted by atomic mass is 9.92. The summed E-state index contributed by atoms with van der Waals surface area (Å²) < 4.78 is 49.1. The summed E-state index contributed by atoms with van der Waals surface area (Å²) in [5.41, 5.74) is 5.11. The van der Waals surface area contributed by atoms with Crippen LogP contribution in [0.15, 0.2) is 115 Å². The Bertz CT molecular complexity index is 2570. The van der Waals surface area contributed by atoms with Crippen molar-refractivity contribution in [2.45, 2.75) is 20.0 Å². The van der Waals surface area contributed by atoms with Gasteiger partial charge in [-0.1, -0.05) is 77.9 Å². The van der Waals surface area contributed by atoms with E-state index in [1.165, 1.54) is 12.1 Å². The Hall–Kier alpha value is -6.31. The zero-order valence-corrected chi connectivity index (χ0v) is 25.9. The van der Waals surface area contributed by atoms with Crippen molar-refractivity contribution in [1.29, 1.82) is 5.26 Å². The van der Waals surface area contributed by atoms with Gasteiger partial charge in [-0.05, 0) is 62.4 Å². The molecule has 0 aliphatic rings. The average molecular weight is 631 g/mol. The summed E-state index contributed by atoms with van der Waals surface area (Å²) in [6.45, 7) is 12.1. The van der Waals surface area contributed by atoms with Gasteiger partial charge in [0.2, 0.25) is 0 Å². The van der Waals surface area contributed by atoms with Crippen LogP contribution in [0, 0.1) is 31.8 Å². The van der Waals surface area contributed by atoms with E-state index >= 15 is 13.2 Å². The Morgan fingerprint density at radius 3 is 1.58 bits per heavy atom. The number of rotatable bonds is 3. The van der Waals surface area contributed by atoms with Crippen LogP contribution in [0.25, 0.3) is 71.0 Å². The van der Waals surface area contributed by atoms with Crippen LogP contribution >= 0.6 is 0 Å². The summed E-state index contributed by atoms with van der Waals surface area (Å²) in [6, 6.07) is 36.8. The molecular weight excluding hydrogens is 605 g/mol. The molecule has 48 heavy (non-hydrogen) atoms. The third kappa shape index (κ3) is 4.29. The van der Waals surface area contributed by atoms with E-state index in [9.17, 15) is 5.26 Å². The van der Waals surface area contributed by atoms with Gasteiger partial charge >= 0.3 is 6.18 Å². The SMILES string of the molecule is [C-]#[N+]c1cccc(C(F)(F)F)c1-c1c(-n2c3ccccc3c3cc(C)ccc32)cc(C#N)cc1-n1c2ccccc2c2cc(C)ccc21. The summed E-state index contributed by atoms with van der Waals surface area (Å²) in [5, 5.41) is 14.2. The highest BCUT2D eigenvalue weighted by Crippen LogP contribution is 2.49. The average Bonchev–Trinajstić information content (AvgIpc) is 3.59. The van der Waals surface area contributed by atoms with E-state index in [0.717, 1.165) is 60.8 Å². The fourth-order valence-corrected chi connectivity index (χ4v) is 7.11. The van der Waals surface area contributed by atoms with Gasteiger partial charge in [0.1, 0.15) is 0 Å². The second kappa shape index (κ2) is 10.6. The highest BCUT2D eigenvalue weighted by atomic mass is 19.4. The van der Waals surface area contributed by atoms with Gasteiger partial charge in [0.15, 0.2) is 5.69 Å². The van der Waals surface area contributed by atoms with Crippen molar-refractivity contribution in [2.75, 3.05) is 0 Å². The van der Waals surface area contributed by atoms with Crippen molar-refractivity contribution in [2.24, 2.45) is 0 Å². The monoisotopic (exact) mass is 630 g/mol. The smallest absolute Gasteiger partial charge is 0.309 e. The topological polar surface area (TPSA) is 38.0 Å². The Morgan fingerprint density at radius 2 is 1.10 bits per heavy atom. The largest absolute Gasteiger partial charge is 0.415 e. The number of aryl methyl sites for hydroxylation is 2.